The Balaban J connectivity index is 1.45. The van der Waals surface area contributed by atoms with Gasteiger partial charge in [-0.05, 0) is 43.3 Å². The van der Waals surface area contributed by atoms with Crippen molar-refractivity contribution in [2.45, 2.75) is 13.3 Å². The number of halogens is 3. The molecule has 0 bridgehead atoms. The van der Waals surface area contributed by atoms with E-state index in [0.717, 1.165) is 17.7 Å². The summed E-state index contributed by atoms with van der Waals surface area (Å²) in [7, 11) is 0. The number of aryl methyl sites for hydroxylation is 1. The second-order valence-electron chi connectivity index (χ2n) is 7.06. The van der Waals surface area contributed by atoms with E-state index in [0.29, 0.717) is 37.4 Å². The van der Waals surface area contributed by atoms with Gasteiger partial charge in [0.2, 0.25) is 5.91 Å². The van der Waals surface area contributed by atoms with Crippen molar-refractivity contribution in [3.63, 3.8) is 0 Å². The van der Waals surface area contributed by atoms with Gasteiger partial charge < -0.3 is 15.0 Å². The van der Waals surface area contributed by atoms with Gasteiger partial charge in [0.25, 0.3) is 5.91 Å². The second-order valence-corrected chi connectivity index (χ2v) is 7.06. The summed E-state index contributed by atoms with van der Waals surface area (Å²) in [6.45, 7) is 4.22. The van der Waals surface area contributed by atoms with Crippen LogP contribution in [0.4, 0.5) is 18.9 Å². The van der Waals surface area contributed by atoms with Crippen molar-refractivity contribution >= 4 is 17.5 Å². The van der Waals surface area contributed by atoms with Crippen molar-refractivity contribution in [3.8, 4) is 5.75 Å². The number of anilines is 1. The summed E-state index contributed by atoms with van der Waals surface area (Å²) >= 11 is 0. The Morgan fingerprint density at radius 3 is 2.30 bits per heavy atom. The van der Waals surface area contributed by atoms with Gasteiger partial charge in [-0.1, -0.05) is 17.7 Å². The number of nitrogens with zero attached hydrogens (tertiary/aromatic N) is 2. The van der Waals surface area contributed by atoms with Gasteiger partial charge in [0, 0.05) is 37.4 Å². The molecule has 1 aliphatic rings. The molecule has 0 aliphatic carbocycles. The van der Waals surface area contributed by atoms with Crippen LogP contribution >= 0.6 is 0 Å². The maximum absolute atomic E-state index is 12.6. The van der Waals surface area contributed by atoms with Crippen molar-refractivity contribution in [3.05, 3.63) is 59.7 Å². The molecule has 0 unspecified atom stereocenters. The monoisotopic (exact) mass is 421 g/mol. The average molecular weight is 421 g/mol. The third kappa shape index (κ3) is 6.21. The second kappa shape index (κ2) is 9.17. The lowest BCUT2D eigenvalue weighted by atomic mass is 10.1. The minimum atomic E-state index is -4.76. The van der Waals surface area contributed by atoms with Crippen LogP contribution in [0.2, 0.25) is 0 Å². The third-order valence-electron chi connectivity index (χ3n) is 4.66. The van der Waals surface area contributed by atoms with Gasteiger partial charge >= 0.3 is 6.36 Å². The van der Waals surface area contributed by atoms with Crippen molar-refractivity contribution in [1.82, 2.24) is 9.80 Å². The van der Waals surface area contributed by atoms with Crippen LogP contribution < -0.4 is 10.1 Å². The van der Waals surface area contributed by atoms with Crippen molar-refractivity contribution in [1.29, 1.82) is 0 Å². The predicted octanol–water partition coefficient (Wildman–Crippen LogP) is 3.29. The molecule has 0 radical (unpaired) electrons. The molecule has 0 aromatic heterocycles. The molecule has 0 atom stereocenters. The lowest BCUT2D eigenvalue weighted by Crippen LogP contribution is -2.50. The Hall–Kier alpha value is -3.07. The number of carbonyl (C=O) groups excluding carboxylic acids is 2. The minimum Gasteiger partial charge on any atom is -0.406 e. The number of rotatable bonds is 5. The van der Waals surface area contributed by atoms with E-state index in [1.54, 1.807) is 11.0 Å². The number of hydrogen-bond acceptors (Lipinski definition) is 4. The number of piperazine rings is 1. The molecule has 1 heterocycles. The topological polar surface area (TPSA) is 61.9 Å². The molecule has 1 N–H and O–H groups in total. The summed E-state index contributed by atoms with van der Waals surface area (Å²) < 4.78 is 40.3. The molecule has 6 nitrogen and oxygen atoms in total. The lowest BCUT2D eigenvalue weighted by molar-refractivity contribution is -0.274. The molecule has 1 saturated heterocycles. The molecule has 160 valence electrons. The smallest absolute Gasteiger partial charge is 0.406 e. The molecule has 2 aromatic rings. The first-order valence-electron chi connectivity index (χ1n) is 9.43. The summed E-state index contributed by atoms with van der Waals surface area (Å²) in [6.07, 6.45) is -4.76. The van der Waals surface area contributed by atoms with Gasteiger partial charge in [-0.15, -0.1) is 13.2 Å². The molecule has 1 aliphatic heterocycles. The van der Waals surface area contributed by atoms with Crippen molar-refractivity contribution in [2.24, 2.45) is 0 Å². The van der Waals surface area contributed by atoms with Gasteiger partial charge in [-0.3, -0.25) is 14.5 Å². The van der Waals surface area contributed by atoms with Crippen LogP contribution in [-0.4, -0.2) is 60.7 Å². The largest absolute Gasteiger partial charge is 0.573 e. The zero-order valence-electron chi connectivity index (χ0n) is 16.4. The quantitative estimate of drug-likeness (QED) is 0.805. The Labute approximate surface area is 172 Å². The number of carbonyl (C=O) groups is 2. The highest BCUT2D eigenvalue weighted by molar-refractivity contribution is 5.94. The first-order chi connectivity index (χ1) is 14.2. The van der Waals surface area contributed by atoms with E-state index >= 15 is 0 Å². The Kier molecular flexibility index (Phi) is 6.61. The van der Waals surface area contributed by atoms with E-state index in [1.165, 1.54) is 12.1 Å². The SMILES string of the molecule is Cc1cccc(C(=O)N2CCN(CC(=O)Nc3ccc(OC(F)(F)F)cc3)CC2)c1. The van der Waals surface area contributed by atoms with E-state index in [2.05, 4.69) is 10.1 Å². The highest BCUT2D eigenvalue weighted by atomic mass is 19.4. The van der Waals surface area contributed by atoms with E-state index in [4.69, 9.17) is 0 Å². The fraction of sp³-hybridized carbons (Fsp3) is 0.333. The average Bonchev–Trinajstić information content (AvgIpc) is 2.68. The molecule has 9 heteroatoms. The first-order valence-corrected chi connectivity index (χ1v) is 9.43. The minimum absolute atomic E-state index is 0.0241. The van der Waals surface area contributed by atoms with Crippen LogP contribution in [0.5, 0.6) is 5.75 Å². The van der Waals surface area contributed by atoms with Crippen molar-refractivity contribution < 1.29 is 27.5 Å². The maximum Gasteiger partial charge on any atom is 0.573 e. The molecule has 0 saturated carbocycles. The fourth-order valence-corrected chi connectivity index (χ4v) is 3.21. The summed E-state index contributed by atoms with van der Waals surface area (Å²) in [5.41, 5.74) is 2.05. The fourth-order valence-electron chi connectivity index (χ4n) is 3.21. The van der Waals surface area contributed by atoms with Crippen LogP contribution in [0.1, 0.15) is 15.9 Å². The van der Waals surface area contributed by atoms with E-state index < -0.39 is 6.36 Å². The summed E-state index contributed by atoms with van der Waals surface area (Å²) in [5, 5.41) is 2.65. The highest BCUT2D eigenvalue weighted by Crippen LogP contribution is 2.24. The van der Waals surface area contributed by atoms with Crippen molar-refractivity contribution in [2.75, 3.05) is 38.0 Å². The number of amides is 2. The Bertz CT molecular complexity index is 892. The molecule has 2 amide bonds. The molecule has 1 fully saturated rings. The van der Waals surface area contributed by atoms with E-state index in [9.17, 15) is 22.8 Å². The summed E-state index contributed by atoms with van der Waals surface area (Å²) in [4.78, 5) is 28.5. The normalized spacial score (nSPS) is 15.0. The number of ether oxygens (including phenoxy) is 1. The summed E-state index contributed by atoms with van der Waals surface area (Å²) in [6, 6.07) is 12.4. The van der Waals surface area contributed by atoms with E-state index in [1.807, 2.05) is 30.0 Å². The summed E-state index contributed by atoms with van der Waals surface area (Å²) in [5.74, 6) is -0.656. The molecular weight excluding hydrogens is 399 g/mol. The Morgan fingerprint density at radius 1 is 1.03 bits per heavy atom. The van der Waals surface area contributed by atoms with Crippen LogP contribution in [0.25, 0.3) is 0 Å². The molecular formula is C21H22F3N3O3. The third-order valence-corrected chi connectivity index (χ3v) is 4.66. The van der Waals surface area contributed by atoms with Crippen LogP contribution in [0.3, 0.4) is 0 Å². The van der Waals surface area contributed by atoms with E-state index in [-0.39, 0.29) is 24.1 Å². The highest BCUT2D eigenvalue weighted by Gasteiger charge is 2.31. The molecule has 0 spiro atoms. The zero-order valence-corrected chi connectivity index (χ0v) is 16.4. The predicted molar refractivity (Wildman–Crippen MR) is 105 cm³/mol. The van der Waals surface area contributed by atoms with Gasteiger partial charge in [0.15, 0.2) is 0 Å². The first kappa shape index (κ1) is 21.6. The van der Waals surface area contributed by atoms with Crippen LogP contribution in [-0.2, 0) is 4.79 Å². The lowest BCUT2D eigenvalue weighted by Gasteiger charge is -2.34. The number of nitrogens with one attached hydrogen (secondary N) is 1. The van der Waals surface area contributed by atoms with Gasteiger partial charge in [0.05, 0.1) is 6.54 Å². The molecule has 3 rings (SSSR count). The zero-order chi connectivity index (χ0) is 21.7. The number of hydrogen-bond donors (Lipinski definition) is 1. The molecule has 2 aromatic carbocycles. The van der Waals surface area contributed by atoms with Gasteiger partial charge in [-0.2, -0.15) is 0 Å². The number of benzene rings is 2. The van der Waals surface area contributed by atoms with Gasteiger partial charge in [0.1, 0.15) is 5.75 Å². The Morgan fingerprint density at radius 2 is 1.70 bits per heavy atom. The number of alkyl halides is 3. The molecule has 30 heavy (non-hydrogen) atoms. The van der Waals surface area contributed by atoms with Crippen LogP contribution in [0, 0.1) is 6.92 Å². The van der Waals surface area contributed by atoms with Gasteiger partial charge in [-0.25, -0.2) is 0 Å². The standard InChI is InChI=1S/C21H22F3N3O3/c1-15-3-2-4-16(13-15)20(29)27-11-9-26(10-12-27)14-19(28)25-17-5-7-18(8-6-17)30-21(22,23)24/h2-8,13H,9-12,14H2,1H3,(H,25,28). The van der Waals surface area contributed by atoms with Crippen LogP contribution in [0.15, 0.2) is 48.5 Å². The maximum atomic E-state index is 12.6.